The Bertz CT molecular complexity index is 674. The molecular weight excluding hydrogens is 314 g/mol. The minimum Gasteiger partial charge on any atom is -0.504 e. The monoisotopic (exact) mass is 335 g/mol. The number of aliphatic hydroxyl groups excluding tert-OH is 1. The molecule has 0 saturated carbocycles. The van der Waals surface area contributed by atoms with E-state index in [1.807, 2.05) is 0 Å². The molecule has 1 aromatic rings. The molecule has 1 aromatic carbocycles. The number of amides is 2. The van der Waals surface area contributed by atoms with Crippen LogP contribution < -0.4 is 10.5 Å². The highest BCUT2D eigenvalue weighted by atomic mass is 16.5. The average Bonchev–Trinajstić information content (AvgIpc) is 2.87. The summed E-state index contributed by atoms with van der Waals surface area (Å²) in [6.45, 7) is 1.72. The Kier molecular flexibility index (Phi) is 5.40. The number of methoxy groups -OCH3 is 1. The van der Waals surface area contributed by atoms with Crippen molar-refractivity contribution in [3.05, 3.63) is 17.7 Å². The van der Waals surface area contributed by atoms with Crippen molar-refractivity contribution in [2.75, 3.05) is 7.11 Å². The first kappa shape index (κ1) is 17.7. The fourth-order valence-corrected chi connectivity index (χ4v) is 2.56. The standard InChI is InChI=1S/C13H14N2O4.C3H7NO/c1-19-11-4-8-9(5-10(11)16)14-6-7-2-3-12(17)15(7)13(8)18;1-2-3(4)5/h4-7,12,16-17H,2-3H2,1H3;2H2,1H3,(H2,4,5)/t7-,12+;/m1./s1. The zero-order chi connectivity index (χ0) is 17.9. The summed E-state index contributed by atoms with van der Waals surface area (Å²) in [7, 11) is 1.42. The van der Waals surface area contributed by atoms with Crippen LogP contribution in [-0.4, -0.2) is 52.5 Å². The van der Waals surface area contributed by atoms with Crippen molar-refractivity contribution in [3.63, 3.8) is 0 Å². The molecule has 2 atom stereocenters. The number of hydrogen-bond acceptors (Lipinski definition) is 6. The summed E-state index contributed by atoms with van der Waals surface area (Å²) >= 11 is 0. The summed E-state index contributed by atoms with van der Waals surface area (Å²) in [6, 6.07) is 2.66. The number of carbonyl (C=O) groups excluding carboxylic acids is 2. The van der Waals surface area contributed by atoms with Crippen molar-refractivity contribution in [3.8, 4) is 11.5 Å². The third kappa shape index (κ3) is 3.48. The van der Waals surface area contributed by atoms with E-state index in [-0.39, 0.29) is 29.4 Å². The number of aromatic hydroxyl groups is 1. The van der Waals surface area contributed by atoms with E-state index in [1.54, 1.807) is 13.1 Å². The third-order valence-corrected chi connectivity index (χ3v) is 3.90. The fourth-order valence-electron chi connectivity index (χ4n) is 2.56. The number of aliphatic hydroxyl groups is 1. The van der Waals surface area contributed by atoms with E-state index in [9.17, 15) is 19.8 Å². The molecule has 0 aromatic heterocycles. The lowest BCUT2D eigenvalue weighted by Gasteiger charge is -2.24. The van der Waals surface area contributed by atoms with E-state index in [1.165, 1.54) is 24.1 Å². The van der Waals surface area contributed by atoms with Gasteiger partial charge >= 0.3 is 0 Å². The van der Waals surface area contributed by atoms with Crippen LogP contribution in [0.5, 0.6) is 11.5 Å². The van der Waals surface area contributed by atoms with Gasteiger partial charge < -0.3 is 25.6 Å². The molecule has 2 heterocycles. The number of hydrogen-bond donors (Lipinski definition) is 3. The molecular formula is C16H21N3O5. The third-order valence-electron chi connectivity index (χ3n) is 3.90. The number of fused-ring (bicyclic) bond motifs is 2. The van der Waals surface area contributed by atoms with Crippen molar-refractivity contribution in [2.24, 2.45) is 10.7 Å². The molecule has 130 valence electrons. The highest BCUT2D eigenvalue weighted by molar-refractivity contribution is 6.03. The number of nitrogens with zero attached hydrogens (tertiary/aromatic N) is 2. The molecule has 1 fully saturated rings. The van der Waals surface area contributed by atoms with Crippen LogP contribution in [0.3, 0.4) is 0 Å². The summed E-state index contributed by atoms with van der Waals surface area (Å²) in [5.41, 5.74) is 5.37. The SMILES string of the molecule is CCC(N)=O.COc1cc2c(cc1O)N=C[C@H]1CC[C@H](O)N1C2=O. The van der Waals surface area contributed by atoms with Crippen LogP contribution in [0.15, 0.2) is 17.1 Å². The normalized spacial score (nSPS) is 21.3. The van der Waals surface area contributed by atoms with Gasteiger partial charge in [0.05, 0.1) is 24.4 Å². The molecule has 3 rings (SSSR count). The van der Waals surface area contributed by atoms with Crippen molar-refractivity contribution in [1.29, 1.82) is 0 Å². The van der Waals surface area contributed by atoms with Crippen molar-refractivity contribution in [2.45, 2.75) is 38.5 Å². The fraction of sp³-hybridized carbons (Fsp3) is 0.438. The molecule has 2 amide bonds. The Morgan fingerprint density at radius 3 is 2.71 bits per heavy atom. The largest absolute Gasteiger partial charge is 0.504 e. The topological polar surface area (TPSA) is 125 Å². The Labute approximate surface area is 139 Å². The van der Waals surface area contributed by atoms with Gasteiger partial charge in [0.15, 0.2) is 11.5 Å². The number of phenolic OH excluding ortho intramolecular Hbond substituents is 1. The van der Waals surface area contributed by atoms with E-state index < -0.39 is 6.23 Å². The predicted molar refractivity (Wildman–Crippen MR) is 87.5 cm³/mol. The molecule has 4 N–H and O–H groups in total. The van der Waals surface area contributed by atoms with Gasteiger partial charge in [0.25, 0.3) is 5.91 Å². The van der Waals surface area contributed by atoms with E-state index in [4.69, 9.17) is 4.74 Å². The number of phenols is 1. The Morgan fingerprint density at radius 2 is 2.12 bits per heavy atom. The summed E-state index contributed by atoms with van der Waals surface area (Å²) in [5.74, 6) is -0.381. The van der Waals surface area contributed by atoms with Gasteiger partial charge in [-0.1, -0.05) is 6.92 Å². The maximum Gasteiger partial charge on any atom is 0.258 e. The van der Waals surface area contributed by atoms with Gasteiger partial charge in [-0.15, -0.1) is 0 Å². The summed E-state index contributed by atoms with van der Waals surface area (Å²) in [4.78, 5) is 27.7. The van der Waals surface area contributed by atoms with Crippen LogP contribution in [0.1, 0.15) is 36.5 Å². The Balaban J connectivity index is 0.000000368. The molecule has 0 aliphatic carbocycles. The van der Waals surface area contributed by atoms with Gasteiger partial charge in [-0.2, -0.15) is 0 Å². The molecule has 2 aliphatic rings. The first-order valence-electron chi connectivity index (χ1n) is 7.63. The van der Waals surface area contributed by atoms with Gasteiger partial charge in [-0.05, 0) is 18.9 Å². The van der Waals surface area contributed by atoms with Gasteiger partial charge in [-0.3, -0.25) is 14.6 Å². The smallest absolute Gasteiger partial charge is 0.258 e. The number of ether oxygens (including phenoxy) is 1. The maximum atomic E-state index is 12.5. The zero-order valence-corrected chi connectivity index (χ0v) is 13.6. The second-order valence-electron chi connectivity index (χ2n) is 5.48. The van der Waals surface area contributed by atoms with Crippen molar-refractivity contribution < 1.29 is 24.5 Å². The van der Waals surface area contributed by atoms with Gasteiger partial charge in [0, 0.05) is 18.7 Å². The average molecular weight is 335 g/mol. The second kappa shape index (κ2) is 7.31. The van der Waals surface area contributed by atoms with Crippen LogP contribution >= 0.6 is 0 Å². The van der Waals surface area contributed by atoms with Crippen molar-refractivity contribution in [1.82, 2.24) is 4.90 Å². The number of nitrogens with two attached hydrogens (primary N) is 1. The summed E-state index contributed by atoms with van der Waals surface area (Å²) < 4.78 is 5.00. The first-order valence-corrected chi connectivity index (χ1v) is 7.63. The molecule has 0 radical (unpaired) electrons. The molecule has 8 heteroatoms. The highest BCUT2D eigenvalue weighted by Crippen LogP contribution is 2.37. The molecule has 0 spiro atoms. The molecule has 1 saturated heterocycles. The highest BCUT2D eigenvalue weighted by Gasteiger charge is 2.38. The lowest BCUT2D eigenvalue weighted by molar-refractivity contribution is -0.117. The van der Waals surface area contributed by atoms with Crippen LogP contribution in [0, 0.1) is 0 Å². The maximum absolute atomic E-state index is 12.5. The zero-order valence-electron chi connectivity index (χ0n) is 13.6. The Morgan fingerprint density at radius 1 is 1.46 bits per heavy atom. The van der Waals surface area contributed by atoms with Crippen LogP contribution in [0.25, 0.3) is 0 Å². The number of primary amides is 1. The number of aliphatic imine (C=N–C) groups is 1. The van der Waals surface area contributed by atoms with Crippen LogP contribution in [0.2, 0.25) is 0 Å². The predicted octanol–water partition coefficient (Wildman–Crippen LogP) is 0.921. The van der Waals surface area contributed by atoms with E-state index in [0.717, 1.165) is 0 Å². The quantitative estimate of drug-likeness (QED) is 0.741. The number of carbonyl (C=O) groups is 2. The minimum atomic E-state index is -0.783. The van der Waals surface area contributed by atoms with Gasteiger partial charge in [-0.25, -0.2) is 0 Å². The molecule has 8 nitrogen and oxygen atoms in total. The van der Waals surface area contributed by atoms with Crippen LogP contribution in [-0.2, 0) is 4.79 Å². The van der Waals surface area contributed by atoms with E-state index in [2.05, 4.69) is 10.7 Å². The number of benzene rings is 1. The minimum absolute atomic E-state index is 0.0613. The van der Waals surface area contributed by atoms with Crippen molar-refractivity contribution >= 4 is 23.7 Å². The number of rotatable bonds is 2. The molecule has 2 aliphatic heterocycles. The summed E-state index contributed by atoms with van der Waals surface area (Å²) in [6.07, 6.45) is 2.54. The second-order valence-corrected chi connectivity index (χ2v) is 5.48. The first-order chi connectivity index (χ1) is 11.4. The van der Waals surface area contributed by atoms with Crippen LogP contribution in [0.4, 0.5) is 5.69 Å². The molecule has 0 bridgehead atoms. The lowest BCUT2D eigenvalue weighted by atomic mass is 10.1. The van der Waals surface area contributed by atoms with E-state index in [0.29, 0.717) is 30.5 Å². The summed E-state index contributed by atoms with van der Waals surface area (Å²) in [5, 5.41) is 19.6. The van der Waals surface area contributed by atoms with Gasteiger partial charge in [0.2, 0.25) is 5.91 Å². The molecule has 24 heavy (non-hydrogen) atoms. The Hall–Kier alpha value is -2.61. The van der Waals surface area contributed by atoms with Gasteiger partial charge in [0.1, 0.15) is 6.23 Å². The lowest BCUT2D eigenvalue weighted by Crippen LogP contribution is -2.41. The van der Waals surface area contributed by atoms with E-state index >= 15 is 0 Å². The molecule has 0 unspecified atom stereocenters.